The van der Waals surface area contributed by atoms with E-state index in [-0.39, 0.29) is 5.82 Å². The summed E-state index contributed by atoms with van der Waals surface area (Å²) in [6.07, 6.45) is 1.52. The lowest BCUT2D eigenvalue weighted by Crippen LogP contribution is -2.53. The fraction of sp³-hybridized carbons (Fsp3) is 0.600. The van der Waals surface area contributed by atoms with Gasteiger partial charge in [-0.25, -0.2) is 4.39 Å². The molecule has 110 valence electrons. The molecule has 0 amide bonds. The molecule has 2 N–H and O–H groups in total. The first-order valence-electron chi connectivity index (χ1n) is 7.11. The molecule has 0 bridgehead atoms. The molecule has 3 rings (SSSR count). The van der Waals surface area contributed by atoms with Crippen LogP contribution in [0.3, 0.4) is 0 Å². The number of benzene rings is 1. The Kier molecular flexibility index (Phi) is 3.67. The average molecular weight is 281 g/mol. The molecule has 1 aliphatic carbocycles. The van der Waals surface area contributed by atoms with Gasteiger partial charge in [0.1, 0.15) is 6.61 Å². The summed E-state index contributed by atoms with van der Waals surface area (Å²) < 4.78 is 19.1. The van der Waals surface area contributed by atoms with Gasteiger partial charge in [0.25, 0.3) is 0 Å². The van der Waals surface area contributed by atoms with Crippen molar-refractivity contribution >= 4 is 0 Å². The lowest BCUT2D eigenvalue weighted by molar-refractivity contribution is -0.133. The van der Waals surface area contributed by atoms with E-state index < -0.39 is 11.7 Å². The fourth-order valence-electron chi connectivity index (χ4n) is 2.88. The zero-order valence-corrected chi connectivity index (χ0v) is 11.4. The Bertz CT molecular complexity index is 490. The average Bonchev–Trinajstić information content (AvgIpc) is 2.58. The molecule has 0 saturated heterocycles. The predicted octanol–water partition coefficient (Wildman–Crippen LogP) is 1.30. The molecule has 0 spiro atoms. The van der Waals surface area contributed by atoms with Crippen molar-refractivity contribution in [2.75, 3.05) is 19.7 Å². The molecule has 20 heavy (non-hydrogen) atoms. The Morgan fingerprint density at radius 2 is 2.20 bits per heavy atom. The van der Waals surface area contributed by atoms with E-state index in [4.69, 9.17) is 4.74 Å². The summed E-state index contributed by atoms with van der Waals surface area (Å²) >= 11 is 0. The molecule has 5 heteroatoms. The molecule has 0 aromatic heterocycles. The fourth-order valence-corrected chi connectivity index (χ4v) is 2.88. The zero-order chi connectivity index (χ0) is 14.2. The zero-order valence-electron chi connectivity index (χ0n) is 11.4. The Hall–Kier alpha value is -1.17. The van der Waals surface area contributed by atoms with E-state index in [1.165, 1.54) is 6.07 Å². The maximum Gasteiger partial charge on any atom is 0.165 e. The molecule has 2 aliphatic rings. The Morgan fingerprint density at radius 1 is 1.40 bits per heavy atom. The van der Waals surface area contributed by atoms with E-state index in [9.17, 15) is 14.6 Å². The number of hydrogen-bond acceptors (Lipinski definition) is 4. The smallest absolute Gasteiger partial charge is 0.165 e. The summed E-state index contributed by atoms with van der Waals surface area (Å²) in [5.74, 6) is -0.0330. The lowest BCUT2D eigenvalue weighted by Gasteiger charge is -2.42. The van der Waals surface area contributed by atoms with Gasteiger partial charge in [-0.3, -0.25) is 4.90 Å². The Labute approximate surface area is 117 Å². The molecular formula is C15H20FNO3. The van der Waals surface area contributed by atoms with Crippen molar-refractivity contribution in [3.8, 4) is 5.75 Å². The highest BCUT2D eigenvalue weighted by atomic mass is 19.1. The van der Waals surface area contributed by atoms with Crippen LogP contribution in [-0.4, -0.2) is 46.5 Å². The molecule has 4 nitrogen and oxygen atoms in total. The predicted molar refractivity (Wildman–Crippen MR) is 72.0 cm³/mol. The van der Waals surface area contributed by atoms with Crippen molar-refractivity contribution < 1.29 is 19.3 Å². The molecule has 1 atom stereocenters. The second kappa shape index (κ2) is 5.31. The maximum atomic E-state index is 13.7. The van der Waals surface area contributed by atoms with Crippen molar-refractivity contribution in [3.05, 3.63) is 29.6 Å². The summed E-state index contributed by atoms with van der Waals surface area (Å²) in [5.41, 5.74) is -0.145. The van der Waals surface area contributed by atoms with E-state index in [0.29, 0.717) is 44.8 Å². The van der Waals surface area contributed by atoms with Crippen LogP contribution in [0.25, 0.3) is 0 Å². The largest absolute Gasteiger partial charge is 0.489 e. The van der Waals surface area contributed by atoms with E-state index in [1.807, 2.05) is 11.0 Å². The van der Waals surface area contributed by atoms with Crippen LogP contribution in [0.1, 0.15) is 24.8 Å². The van der Waals surface area contributed by atoms with Gasteiger partial charge >= 0.3 is 0 Å². The standard InChI is InChI=1S/C15H20FNO3/c16-12-4-1-3-11-9-17(7-8-20-14(11)12)10-13(18)15(19)5-2-6-15/h1,3-4,13,18-19H,2,5-10H2. The van der Waals surface area contributed by atoms with Gasteiger partial charge in [0.2, 0.25) is 0 Å². The number of ether oxygens (including phenoxy) is 1. The van der Waals surface area contributed by atoms with Crippen LogP contribution in [0.2, 0.25) is 0 Å². The number of rotatable bonds is 3. The maximum absolute atomic E-state index is 13.7. The van der Waals surface area contributed by atoms with Crippen molar-refractivity contribution in [3.63, 3.8) is 0 Å². The van der Waals surface area contributed by atoms with Gasteiger partial charge < -0.3 is 14.9 Å². The number of fused-ring (bicyclic) bond motifs is 1. The third kappa shape index (κ3) is 2.53. The van der Waals surface area contributed by atoms with Gasteiger partial charge in [-0.15, -0.1) is 0 Å². The summed E-state index contributed by atoms with van der Waals surface area (Å²) in [7, 11) is 0. The number of nitrogens with zero attached hydrogens (tertiary/aromatic N) is 1. The lowest BCUT2D eigenvalue weighted by atomic mass is 9.76. The molecule has 1 heterocycles. The highest BCUT2D eigenvalue weighted by Gasteiger charge is 2.42. The molecule has 1 aromatic carbocycles. The number of aliphatic hydroxyl groups excluding tert-OH is 1. The van der Waals surface area contributed by atoms with Crippen LogP contribution in [0.5, 0.6) is 5.75 Å². The summed E-state index contributed by atoms with van der Waals surface area (Å²) in [4.78, 5) is 2.01. The van der Waals surface area contributed by atoms with Crippen LogP contribution >= 0.6 is 0 Å². The molecule has 1 aliphatic heterocycles. The third-order valence-electron chi connectivity index (χ3n) is 4.37. The van der Waals surface area contributed by atoms with E-state index in [1.54, 1.807) is 6.07 Å². The molecule has 1 saturated carbocycles. The van der Waals surface area contributed by atoms with Gasteiger partial charge in [0.15, 0.2) is 11.6 Å². The van der Waals surface area contributed by atoms with Crippen LogP contribution in [0, 0.1) is 5.82 Å². The van der Waals surface area contributed by atoms with Gasteiger partial charge in [-0.1, -0.05) is 12.1 Å². The summed E-state index contributed by atoms with van der Waals surface area (Å²) in [5, 5.41) is 20.3. The quantitative estimate of drug-likeness (QED) is 0.877. The minimum Gasteiger partial charge on any atom is -0.489 e. The van der Waals surface area contributed by atoms with E-state index in [0.717, 1.165) is 12.0 Å². The molecule has 1 fully saturated rings. The molecule has 0 radical (unpaired) electrons. The van der Waals surface area contributed by atoms with Crippen LogP contribution in [0.4, 0.5) is 4.39 Å². The number of aliphatic hydroxyl groups is 2. The molecule has 1 aromatic rings. The third-order valence-corrected chi connectivity index (χ3v) is 4.37. The van der Waals surface area contributed by atoms with Gasteiger partial charge in [-0.05, 0) is 25.3 Å². The van der Waals surface area contributed by atoms with Crippen molar-refractivity contribution in [2.45, 2.75) is 37.5 Å². The van der Waals surface area contributed by atoms with Crippen LogP contribution in [-0.2, 0) is 6.54 Å². The first kappa shape index (κ1) is 13.8. The van der Waals surface area contributed by atoms with Crippen LogP contribution in [0.15, 0.2) is 18.2 Å². The van der Waals surface area contributed by atoms with Gasteiger partial charge in [-0.2, -0.15) is 0 Å². The number of β-amino-alcohol motifs (C(OH)–C–C–N with tert-alkyl or cyclic N) is 1. The molecular weight excluding hydrogens is 261 g/mol. The van der Waals surface area contributed by atoms with Gasteiger partial charge in [0, 0.05) is 25.2 Å². The van der Waals surface area contributed by atoms with Crippen molar-refractivity contribution in [1.82, 2.24) is 4.90 Å². The summed E-state index contributed by atoms with van der Waals surface area (Å²) in [6.45, 7) is 1.91. The first-order chi connectivity index (χ1) is 9.58. The first-order valence-corrected chi connectivity index (χ1v) is 7.11. The number of halogens is 1. The van der Waals surface area contributed by atoms with Crippen LogP contribution < -0.4 is 4.74 Å². The van der Waals surface area contributed by atoms with Crippen molar-refractivity contribution in [1.29, 1.82) is 0 Å². The van der Waals surface area contributed by atoms with Gasteiger partial charge in [0.05, 0.1) is 11.7 Å². The second-order valence-corrected chi connectivity index (χ2v) is 5.78. The molecule has 1 unspecified atom stereocenters. The van der Waals surface area contributed by atoms with E-state index >= 15 is 0 Å². The minimum atomic E-state index is -0.933. The minimum absolute atomic E-state index is 0.312. The summed E-state index contributed by atoms with van der Waals surface area (Å²) in [6, 6.07) is 4.89. The SMILES string of the molecule is OC(CN1CCOc2c(F)cccc2C1)C1(O)CCC1. The van der Waals surface area contributed by atoms with E-state index in [2.05, 4.69) is 0 Å². The Balaban J connectivity index is 1.69. The topological polar surface area (TPSA) is 52.9 Å². The highest BCUT2D eigenvalue weighted by molar-refractivity contribution is 5.35. The number of para-hydroxylation sites is 1. The normalized spacial score (nSPS) is 23.1. The van der Waals surface area contributed by atoms with Crippen molar-refractivity contribution in [2.24, 2.45) is 0 Å². The second-order valence-electron chi connectivity index (χ2n) is 5.78. The monoisotopic (exact) mass is 281 g/mol. The Morgan fingerprint density at radius 3 is 2.90 bits per heavy atom. The highest BCUT2D eigenvalue weighted by Crippen LogP contribution is 2.35. The number of hydrogen-bond donors (Lipinski definition) is 2.